The van der Waals surface area contributed by atoms with Crippen LogP contribution in [0.5, 0.6) is 11.5 Å². The molecule has 84 valence electrons. The number of hydrogen-bond donors (Lipinski definition) is 2. The fourth-order valence-electron chi connectivity index (χ4n) is 1.31. The molecule has 1 heterocycles. The zero-order valence-electron chi connectivity index (χ0n) is 8.40. The van der Waals surface area contributed by atoms with E-state index in [-0.39, 0.29) is 28.6 Å². The Kier molecular flexibility index (Phi) is 2.40. The number of phenols is 1. The second kappa shape index (κ2) is 3.73. The molecule has 5 nitrogen and oxygen atoms in total. The molecule has 0 saturated heterocycles. The van der Waals surface area contributed by atoms with Gasteiger partial charge in [-0.15, -0.1) is 0 Å². The summed E-state index contributed by atoms with van der Waals surface area (Å²) in [5.74, 6) is -0.452. The number of anilines is 1. The molecule has 0 radical (unpaired) electrons. The van der Waals surface area contributed by atoms with E-state index in [1.807, 2.05) is 0 Å². The maximum Gasteiger partial charge on any atom is 0.172 e. The number of methoxy groups -OCH3 is 1. The Bertz CT molecular complexity index is 525. The van der Waals surface area contributed by atoms with Gasteiger partial charge < -0.3 is 20.1 Å². The molecule has 0 spiro atoms. The van der Waals surface area contributed by atoms with Crippen LogP contribution in [0.25, 0.3) is 11.3 Å². The van der Waals surface area contributed by atoms with Crippen LogP contribution in [-0.2, 0) is 0 Å². The van der Waals surface area contributed by atoms with Crippen molar-refractivity contribution in [2.24, 2.45) is 0 Å². The highest BCUT2D eigenvalue weighted by Crippen LogP contribution is 2.34. The topological polar surface area (TPSA) is 81.5 Å². The van der Waals surface area contributed by atoms with Gasteiger partial charge in [-0.25, -0.2) is 4.39 Å². The lowest BCUT2D eigenvalue weighted by molar-refractivity contribution is 0.370. The predicted octanol–water partition coefficient (Wildman–Crippen LogP) is 1.78. The fourth-order valence-corrected chi connectivity index (χ4v) is 1.31. The van der Waals surface area contributed by atoms with Crippen LogP contribution in [0.3, 0.4) is 0 Å². The summed E-state index contributed by atoms with van der Waals surface area (Å²) >= 11 is 0. The molecule has 0 unspecified atom stereocenters. The quantitative estimate of drug-likeness (QED) is 0.812. The Labute approximate surface area is 90.2 Å². The third-order valence-electron chi connectivity index (χ3n) is 2.06. The second-order valence-electron chi connectivity index (χ2n) is 3.12. The zero-order chi connectivity index (χ0) is 11.7. The minimum Gasteiger partial charge on any atom is -0.504 e. The number of nitrogen functional groups attached to an aromatic ring is 1. The summed E-state index contributed by atoms with van der Waals surface area (Å²) in [6, 6.07) is 3.63. The van der Waals surface area contributed by atoms with Crippen molar-refractivity contribution in [1.29, 1.82) is 0 Å². The summed E-state index contributed by atoms with van der Waals surface area (Å²) in [6.07, 6.45) is 0. The van der Waals surface area contributed by atoms with Crippen molar-refractivity contribution in [1.82, 2.24) is 5.16 Å². The van der Waals surface area contributed by atoms with Gasteiger partial charge in [0.25, 0.3) is 0 Å². The summed E-state index contributed by atoms with van der Waals surface area (Å²) in [4.78, 5) is 0. The van der Waals surface area contributed by atoms with Crippen LogP contribution < -0.4 is 10.5 Å². The van der Waals surface area contributed by atoms with E-state index in [0.717, 1.165) is 6.07 Å². The van der Waals surface area contributed by atoms with Gasteiger partial charge in [-0.2, -0.15) is 0 Å². The number of rotatable bonds is 2. The maximum atomic E-state index is 13.5. The highest BCUT2D eigenvalue weighted by molar-refractivity contribution is 5.65. The van der Waals surface area contributed by atoms with Crippen molar-refractivity contribution in [2.75, 3.05) is 12.8 Å². The molecule has 0 saturated carbocycles. The van der Waals surface area contributed by atoms with Gasteiger partial charge in [0.1, 0.15) is 5.82 Å². The minimum absolute atomic E-state index is 0.124. The summed E-state index contributed by atoms with van der Waals surface area (Å²) in [5.41, 5.74) is 5.48. The van der Waals surface area contributed by atoms with E-state index in [4.69, 9.17) is 15.0 Å². The van der Waals surface area contributed by atoms with Crippen LogP contribution in [0.2, 0.25) is 0 Å². The lowest BCUT2D eigenvalue weighted by atomic mass is 10.1. The molecule has 2 rings (SSSR count). The molecule has 0 aliphatic heterocycles. The average Bonchev–Trinajstić information content (AvgIpc) is 2.65. The Morgan fingerprint density at radius 2 is 2.19 bits per heavy atom. The molecule has 0 bridgehead atoms. The average molecular weight is 224 g/mol. The number of ether oxygens (including phenoxy) is 1. The first-order valence-corrected chi connectivity index (χ1v) is 4.41. The van der Waals surface area contributed by atoms with Crippen LogP contribution in [0.15, 0.2) is 22.7 Å². The first kappa shape index (κ1) is 10.3. The molecule has 16 heavy (non-hydrogen) atoms. The molecule has 2 aromatic rings. The summed E-state index contributed by atoms with van der Waals surface area (Å²) in [6.45, 7) is 0. The van der Waals surface area contributed by atoms with Crippen LogP contribution in [0.1, 0.15) is 0 Å². The molecule has 0 atom stereocenters. The van der Waals surface area contributed by atoms with Gasteiger partial charge in [-0.3, -0.25) is 0 Å². The summed E-state index contributed by atoms with van der Waals surface area (Å²) in [7, 11) is 1.37. The van der Waals surface area contributed by atoms with Gasteiger partial charge in [-0.05, 0) is 6.07 Å². The number of nitrogens with zero attached hydrogens (tertiary/aromatic N) is 1. The Morgan fingerprint density at radius 1 is 1.44 bits per heavy atom. The zero-order valence-corrected chi connectivity index (χ0v) is 8.40. The van der Waals surface area contributed by atoms with Crippen molar-refractivity contribution >= 4 is 5.82 Å². The summed E-state index contributed by atoms with van der Waals surface area (Å²) in [5, 5.41) is 12.8. The van der Waals surface area contributed by atoms with Crippen LogP contribution in [0.4, 0.5) is 10.2 Å². The van der Waals surface area contributed by atoms with Crippen molar-refractivity contribution in [3.05, 3.63) is 24.0 Å². The molecule has 1 aromatic heterocycles. The van der Waals surface area contributed by atoms with Crippen molar-refractivity contribution in [3.63, 3.8) is 0 Å². The molecule has 0 amide bonds. The normalized spacial score (nSPS) is 10.4. The fraction of sp³-hybridized carbons (Fsp3) is 0.100. The monoisotopic (exact) mass is 224 g/mol. The van der Waals surface area contributed by atoms with Gasteiger partial charge >= 0.3 is 0 Å². The van der Waals surface area contributed by atoms with E-state index in [1.165, 1.54) is 19.2 Å². The van der Waals surface area contributed by atoms with Crippen LogP contribution >= 0.6 is 0 Å². The number of halogens is 1. The highest BCUT2D eigenvalue weighted by atomic mass is 19.1. The number of hydrogen-bond acceptors (Lipinski definition) is 5. The van der Waals surface area contributed by atoms with E-state index >= 15 is 0 Å². The number of aromatic nitrogens is 1. The maximum absolute atomic E-state index is 13.5. The smallest absolute Gasteiger partial charge is 0.172 e. The highest BCUT2D eigenvalue weighted by Gasteiger charge is 2.14. The van der Waals surface area contributed by atoms with Crippen LogP contribution in [-0.4, -0.2) is 17.4 Å². The molecule has 0 fully saturated rings. The standard InChI is InChI=1S/C10H9FN2O3/c1-15-9-2-5(6(11)3-7(9)14)8-4-10(12)13-16-8/h2-4,14H,1H3,(H2,12,13). The van der Waals surface area contributed by atoms with Gasteiger partial charge in [0.05, 0.1) is 12.7 Å². The van der Waals surface area contributed by atoms with Crippen molar-refractivity contribution < 1.29 is 18.8 Å². The van der Waals surface area contributed by atoms with Gasteiger partial charge in [-0.1, -0.05) is 5.16 Å². The largest absolute Gasteiger partial charge is 0.504 e. The SMILES string of the molecule is COc1cc(-c2cc(N)no2)c(F)cc1O. The first-order valence-electron chi connectivity index (χ1n) is 4.41. The molecule has 3 N–H and O–H groups in total. The van der Waals surface area contributed by atoms with Gasteiger partial charge in [0.2, 0.25) is 0 Å². The molecular weight excluding hydrogens is 215 g/mol. The van der Waals surface area contributed by atoms with E-state index in [1.54, 1.807) is 0 Å². The molecule has 0 aliphatic rings. The van der Waals surface area contributed by atoms with Crippen LogP contribution in [0, 0.1) is 5.82 Å². The molecule has 6 heteroatoms. The third kappa shape index (κ3) is 1.65. The van der Waals surface area contributed by atoms with Gasteiger partial charge in [0, 0.05) is 12.1 Å². The van der Waals surface area contributed by atoms with E-state index in [9.17, 15) is 9.50 Å². The molecular formula is C10H9FN2O3. The van der Waals surface area contributed by atoms with Gasteiger partial charge in [0.15, 0.2) is 23.1 Å². The number of phenolic OH excluding ortho intramolecular Hbond substituents is 1. The predicted molar refractivity (Wildman–Crippen MR) is 54.5 cm³/mol. The van der Waals surface area contributed by atoms with E-state index in [2.05, 4.69) is 5.16 Å². The first-order chi connectivity index (χ1) is 7.61. The Morgan fingerprint density at radius 3 is 2.75 bits per heavy atom. The third-order valence-corrected chi connectivity index (χ3v) is 2.06. The summed E-state index contributed by atoms with van der Waals surface area (Å²) < 4.78 is 23.2. The number of benzene rings is 1. The lowest BCUT2D eigenvalue weighted by Gasteiger charge is -2.05. The lowest BCUT2D eigenvalue weighted by Crippen LogP contribution is -1.88. The molecule has 0 aliphatic carbocycles. The Hall–Kier alpha value is -2.24. The molecule has 1 aromatic carbocycles. The number of nitrogens with two attached hydrogens (primary N) is 1. The van der Waals surface area contributed by atoms with Crippen molar-refractivity contribution in [2.45, 2.75) is 0 Å². The van der Waals surface area contributed by atoms with Crippen molar-refractivity contribution in [3.8, 4) is 22.8 Å². The Balaban J connectivity index is 2.56. The minimum atomic E-state index is -0.644. The number of aromatic hydroxyl groups is 1. The van der Waals surface area contributed by atoms with E-state index in [0.29, 0.717) is 0 Å². The second-order valence-corrected chi connectivity index (χ2v) is 3.12. The van der Waals surface area contributed by atoms with E-state index < -0.39 is 5.82 Å².